The zero-order valence-electron chi connectivity index (χ0n) is 19.6. The summed E-state index contributed by atoms with van der Waals surface area (Å²) in [5, 5.41) is 13.4. The van der Waals surface area contributed by atoms with Gasteiger partial charge in [0, 0.05) is 31.0 Å². The minimum absolute atomic E-state index is 0.195. The maximum absolute atomic E-state index is 13.5. The van der Waals surface area contributed by atoms with Gasteiger partial charge in [-0.25, -0.2) is 9.97 Å². The van der Waals surface area contributed by atoms with Gasteiger partial charge in [0.1, 0.15) is 24.4 Å². The number of rotatable bonds is 8. The number of nitrogens with zero attached hydrogens (tertiary/aromatic N) is 3. The molecule has 14 heteroatoms. The molecule has 0 bridgehead atoms. The first-order valence-electron chi connectivity index (χ1n) is 11.5. The van der Waals surface area contributed by atoms with Gasteiger partial charge in [-0.2, -0.15) is 13.1 Å². The van der Waals surface area contributed by atoms with Crippen LogP contribution in [0.4, 0.5) is 5.82 Å². The van der Waals surface area contributed by atoms with E-state index in [0.29, 0.717) is 21.4 Å². The van der Waals surface area contributed by atoms with Crippen LogP contribution < -0.4 is 10.0 Å². The van der Waals surface area contributed by atoms with Crippen molar-refractivity contribution in [3.63, 3.8) is 0 Å². The molecule has 2 aliphatic rings. The van der Waals surface area contributed by atoms with Crippen molar-refractivity contribution in [2.45, 2.75) is 43.6 Å². The Labute approximate surface area is 222 Å². The zero-order chi connectivity index (χ0) is 26.2. The molecule has 0 saturated heterocycles. The fourth-order valence-corrected chi connectivity index (χ4v) is 6.42. The number of hydrogen-bond acceptors (Lipinski definition) is 11. The summed E-state index contributed by atoms with van der Waals surface area (Å²) in [6.07, 6.45) is 3.17. The van der Waals surface area contributed by atoms with Crippen LogP contribution >= 0.6 is 22.9 Å². The molecule has 4 atom stereocenters. The number of hydrogen-bond donors (Lipinski definition) is 3. The molecule has 0 amide bonds. The van der Waals surface area contributed by atoms with Gasteiger partial charge < -0.3 is 15.2 Å². The van der Waals surface area contributed by atoms with Crippen LogP contribution in [0.1, 0.15) is 51.0 Å². The molecule has 5 rings (SSSR count). The predicted molar refractivity (Wildman–Crippen MR) is 136 cm³/mol. The van der Waals surface area contributed by atoms with Crippen LogP contribution in [0.25, 0.3) is 0 Å². The van der Waals surface area contributed by atoms with Crippen molar-refractivity contribution in [1.82, 2.24) is 19.7 Å². The summed E-state index contributed by atoms with van der Waals surface area (Å²) in [7, 11) is -2.74. The number of carbonyl (C=O) groups is 1. The summed E-state index contributed by atoms with van der Waals surface area (Å²) in [6.45, 7) is 0.521. The fraction of sp³-hybridized carbons (Fsp3) is 0.391. The molecule has 1 saturated carbocycles. The highest BCUT2D eigenvalue weighted by atomic mass is 35.5. The lowest BCUT2D eigenvalue weighted by molar-refractivity contribution is 0.0636. The smallest absolute Gasteiger partial charge is 0.335 e. The van der Waals surface area contributed by atoms with E-state index in [1.54, 1.807) is 12.3 Å². The third-order valence-corrected chi connectivity index (χ3v) is 8.71. The van der Waals surface area contributed by atoms with Crippen LogP contribution in [0.15, 0.2) is 36.9 Å². The molecule has 196 valence electrons. The summed E-state index contributed by atoms with van der Waals surface area (Å²) in [4.78, 5) is 26.6. The molecular weight excluding hydrogens is 542 g/mol. The highest BCUT2D eigenvalue weighted by molar-refractivity contribution is 7.84. The van der Waals surface area contributed by atoms with Gasteiger partial charge in [-0.3, -0.25) is 14.0 Å². The summed E-state index contributed by atoms with van der Waals surface area (Å²) in [5.41, 5.74) is 2.76. The molecule has 3 N–H and O–H groups in total. The summed E-state index contributed by atoms with van der Waals surface area (Å²) in [6, 6.07) is 5.22. The van der Waals surface area contributed by atoms with Crippen molar-refractivity contribution in [3.8, 4) is 0 Å². The van der Waals surface area contributed by atoms with Crippen LogP contribution in [-0.2, 0) is 25.6 Å². The van der Waals surface area contributed by atoms with Gasteiger partial charge in [0.15, 0.2) is 0 Å². The Morgan fingerprint density at radius 3 is 2.97 bits per heavy atom. The van der Waals surface area contributed by atoms with Gasteiger partial charge in [0.2, 0.25) is 5.78 Å². The number of thiophene rings is 1. The summed E-state index contributed by atoms with van der Waals surface area (Å²) < 4.78 is 36.9. The van der Waals surface area contributed by atoms with Gasteiger partial charge in [0.05, 0.1) is 33.2 Å². The second-order valence-corrected chi connectivity index (χ2v) is 11.8. The molecule has 3 aromatic heterocycles. The quantitative estimate of drug-likeness (QED) is 0.347. The van der Waals surface area contributed by atoms with E-state index in [4.69, 9.17) is 20.5 Å². The molecule has 0 radical (unpaired) electrons. The lowest BCUT2D eigenvalue weighted by Crippen LogP contribution is -2.31. The molecular formula is C23H24ClN5O6S2. The minimum Gasteiger partial charge on any atom is -0.390 e. The SMILES string of the molecule is CNS(=O)(=O)O[C@@H]1C[C@H](Nc2ncncc2C(=O)c2cc([C@H]3OCCc4cccnc43)c(Cl)s2)C[C@@H]1O. The molecule has 0 spiro atoms. The van der Waals surface area contributed by atoms with Gasteiger partial charge in [-0.1, -0.05) is 17.7 Å². The van der Waals surface area contributed by atoms with Gasteiger partial charge in [0.25, 0.3) is 0 Å². The van der Waals surface area contributed by atoms with Crippen LogP contribution in [0.2, 0.25) is 4.34 Å². The molecule has 1 aliphatic heterocycles. The average molecular weight is 566 g/mol. The van der Waals surface area contributed by atoms with E-state index in [9.17, 15) is 18.3 Å². The third-order valence-electron chi connectivity index (χ3n) is 6.32. The Morgan fingerprint density at radius 1 is 1.32 bits per heavy atom. The fourth-order valence-electron chi connectivity index (χ4n) is 4.52. The first-order chi connectivity index (χ1) is 17.8. The van der Waals surface area contributed by atoms with E-state index >= 15 is 0 Å². The Balaban J connectivity index is 1.36. The molecule has 0 unspecified atom stereocenters. The summed E-state index contributed by atoms with van der Waals surface area (Å²) >= 11 is 7.70. The number of nitrogens with one attached hydrogen (secondary N) is 2. The first kappa shape index (κ1) is 26.1. The molecule has 1 aliphatic carbocycles. The lowest BCUT2D eigenvalue weighted by atomic mass is 9.99. The number of aliphatic hydroxyl groups is 1. The Kier molecular flexibility index (Phi) is 7.54. The summed E-state index contributed by atoms with van der Waals surface area (Å²) in [5.74, 6) is -0.0660. The van der Waals surface area contributed by atoms with Gasteiger partial charge >= 0.3 is 10.3 Å². The maximum Gasteiger partial charge on any atom is 0.335 e. The Morgan fingerprint density at radius 2 is 2.16 bits per heavy atom. The second kappa shape index (κ2) is 10.7. The number of pyridine rings is 1. The molecule has 37 heavy (non-hydrogen) atoms. The van der Waals surface area contributed by atoms with Gasteiger partial charge in [-0.15, -0.1) is 11.3 Å². The highest BCUT2D eigenvalue weighted by Crippen LogP contribution is 2.40. The topological polar surface area (TPSA) is 153 Å². The van der Waals surface area contributed by atoms with Crippen LogP contribution in [0.3, 0.4) is 0 Å². The number of carbonyl (C=O) groups excluding carboxylic acids is 1. The number of fused-ring (bicyclic) bond motifs is 1. The maximum atomic E-state index is 13.5. The lowest BCUT2D eigenvalue weighted by Gasteiger charge is -2.24. The largest absolute Gasteiger partial charge is 0.390 e. The van der Waals surface area contributed by atoms with Crippen molar-refractivity contribution < 1.29 is 27.2 Å². The Hall–Kier alpha value is -2.52. The molecule has 3 aromatic rings. The number of halogens is 1. The monoisotopic (exact) mass is 565 g/mol. The van der Waals surface area contributed by atoms with Crippen molar-refractivity contribution in [3.05, 3.63) is 68.5 Å². The van der Waals surface area contributed by atoms with E-state index in [1.165, 1.54) is 19.6 Å². The molecule has 4 heterocycles. The first-order valence-corrected chi connectivity index (χ1v) is 14.1. The minimum atomic E-state index is -3.96. The number of aromatic nitrogens is 3. The number of ketones is 1. The molecule has 1 fully saturated rings. The predicted octanol–water partition coefficient (Wildman–Crippen LogP) is 2.26. The number of ether oxygens (including phenoxy) is 1. The molecule has 0 aromatic carbocycles. The second-order valence-electron chi connectivity index (χ2n) is 8.68. The third kappa shape index (κ3) is 5.53. The van der Waals surface area contributed by atoms with E-state index in [2.05, 4.69) is 25.0 Å². The van der Waals surface area contributed by atoms with Crippen molar-refractivity contribution in [2.75, 3.05) is 19.0 Å². The van der Waals surface area contributed by atoms with Crippen molar-refractivity contribution in [1.29, 1.82) is 0 Å². The van der Waals surface area contributed by atoms with Crippen molar-refractivity contribution >= 4 is 44.8 Å². The van der Waals surface area contributed by atoms with Crippen LogP contribution in [0.5, 0.6) is 0 Å². The zero-order valence-corrected chi connectivity index (χ0v) is 22.0. The van der Waals surface area contributed by atoms with Crippen LogP contribution in [-0.4, -0.2) is 66.2 Å². The van der Waals surface area contributed by atoms with E-state index in [0.717, 1.165) is 29.0 Å². The molecule has 11 nitrogen and oxygen atoms in total. The van der Waals surface area contributed by atoms with E-state index < -0.39 is 28.6 Å². The van der Waals surface area contributed by atoms with E-state index in [-0.39, 0.29) is 36.0 Å². The highest BCUT2D eigenvalue weighted by Gasteiger charge is 2.37. The van der Waals surface area contributed by atoms with Crippen molar-refractivity contribution in [2.24, 2.45) is 0 Å². The van der Waals surface area contributed by atoms with Crippen LogP contribution in [0, 0.1) is 0 Å². The van der Waals surface area contributed by atoms with Gasteiger partial charge in [-0.05, 0) is 37.0 Å². The normalized spacial score (nSPS) is 23.5. The standard InChI is InChI=1S/C23H24ClN5O6S2/c1-25-37(32,33)35-17-8-13(7-16(17)30)29-23-15(10-26-11-28-23)20(31)18-9-14(22(24)36-18)21-19-12(4-6-34-21)3-2-5-27-19/h2-3,5,9-11,13,16-17,21,25,30H,4,6-8H2,1H3,(H,26,28,29)/t13-,16+,17-,21-/m1/s1. The van der Waals surface area contributed by atoms with E-state index in [1.807, 2.05) is 12.1 Å². The number of anilines is 1. The number of aliphatic hydroxyl groups excluding tert-OH is 1. The average Bonchev–Trinajstić information content (AvgIpc) is 3.44. The Bertz CT molecular complexity index is 1420.